The third-order valence-corrected chi connectivity index (χ3v) is 3.84. The lowest BCUT2D eigenvalue weighted by molar-refractivity contribution is -0.397. The minimum atomic E-state index is -1.46. The van der Waals surface area contributed by atoms with Crippen LogP contribution < -0.4 is 5.32 Å². The number of carbonyl (C=O) groups is 1. The van der Waals surface area contributed by atoms with E-state index < -0.39 is 41.4 Å². The molecule has 1 amide bonds. The molecule has 0 aromatic carbocycles. The number of nitro groups is 1. The fourth-order valence-electron chi connectivity index (χ4n) is 2.55. The number of likely N-dealkylation sites (tertiary alicyclic amines) is 1. The number of rotatable bonds is 6. The standard InChI is InChI=1S/C12H19N5O7/c18-8-5-16(12(21)22)3-1-7(8)14-10(20)9(19)6-15-4-2-13-11(15)17(23)24/h2,4,7-10,14,18-20H,1,3,5-6H2,(H,21,22). The number of aliphatic hydroxyl groups excluding tert-OH is 3. The van der Waals surface area contributed by atoms with Crippen LogP contribution in [0.3, 0.4) is 0 Å². The van der Waals surface area contributed by atoms with Crippen molar-refractivity contribution in [1.82, 2.24) is 19.8 Å². The molecule has 2 heterocycles. The van der Waals surface area contributed by atoms with Crippen molar-refractivity contribution in [2.75, 3.05) is 13.1 Å². The van der Waals surface area contributed by atoms with E-state index in [4.69, 9.17) is 5.11 Å². The Labute approximate surface area is 136 Å². The molecule has 1 aliphatic rings. The zero-order valence-electron chi connectivity index (χ0n) is 12.6. The average molecular weight is 345 g/mol. The lowest BCUT2D eigenvalue weighted by Crippen LogP contribution is -2.58. The number of aromatic nitrogens is 2. The van der Waals surface area contributed by atoms with Crippen molar-refractivity contribution in [3.63, 3.8) is 0 Å². The minimum Gasteiger partial charge on any atom is -0.465 e. The Bertz CT molecular complexity index is 594. The number of imidazole rings is 1. The van der Waals surface area contributed by atoms with Crippen LogP contribution in [-0.4, -0.2) is 83.5 Å². The first-order chi connectivity index (χ1) is 11.3. The quantitative estimate of drug-likeness (QED) is 0.226. The smallest absolute Gasteiger partial charge is 0.434 e. The van der Waals surface area contributed by atoms with Crippen molar-refractivity contribution in [2.24, 2.45) is 0 Å². The van der Waals surface area contributed by atoms with E-state index >= 15 is 0 Å². The molecule has 0 aliphatic carbocycles. The molecule has 12 heteroatoms. The Morgan fingerprint density at radius 3 is 2.83 bits per heavy atom. The number of aliphatic hydroxyl groups is 3. The van der Waals surface area contributed by atoms with Crippen molar-refractivity contribution < 1.29 is 30.1 Å². The number of nitrogens with one attached hydrogen (secondary N) is 1. The molecule has 0 saturated carbocycles. The highest BCUT2D eigenvalue weighted by molar-refractivity contribution is 5.65. The van der Waals surface area contributed by atoms with Gasteiger partial charge in [-0.15, -0.1) is 0 Å². The van der Waals surface area contributed by atoms with Gasteiger partial charge in [0.25, 0.3) is 0 Å². The topological polar surface area (TPSA) is 174 Å². The average Bonchev–Trinajstić information content (AvgIpc) is 2.97. The number of β-amino-alcohol motifs (C(OH)–C–C–N with tert-alkyl or cyclic N) is 1. The zero-order chi connectivity index (χ0) is 17.9. The second-order valence-electron chi connectivity index (χ2n) is 5.51. The molecule has 0 radical (unpaired) electrons. The lowest BCUT2D eigenvalue weighted by Gasteiger charge is -2.36. The number of amides is 1. The first-order valence-corrected chi connectivity index (χ1v) is 7.23. The lowest BCUT2D eigenvalue weighted by atomic mass is 10.0. The molecule has 1 saturated heterocycles. The van der Waals surface area contributed by atoms with Crippen LogP contribution in [0.4, 0.5) is 10.7 Å². The fraction of sp³-hybridized carbons (Fsp3) is 0.667. The van der Waals surface area contributed by atoms with E-state index in [0.29, 0.717) is 0 Å². The zero-order valence-corrected chi connectivity index (χ0v) is 12.6. The summed E-state index contributed by atoms with van der Waals surface area (Å²) in [4.78, 5) is 25.5. The summed E-state index contributed by atoms with van der Waals surface area (Å²) in [6.45, 7) is -0.197. The van der Waals surface area contributed by atoms with E-state index in [-0.39, 0.29) is 26.1 Å². The SMILES string of the molecule is O=C(O)N1CCC(NC(O)C(O)Cn2ccnc2[N+](=O)[O-])C(O)C1. The second-order valence-corrected chi connectivity index (χ2v) is 5.51. The molecule has 1 aliphatic heterocycles. The van der Waals surface area contributed by atoms with Gasteiger partial charge in [0.15, 0.2) is 0 Å². The summed E-state index contributed by atoms with van der Waals surface area (Å²) >= 11 is 0. The second kappa shape index (κ2) is 7.53. The van der Waals surface area contributed by atoms with Gasteiger partial charge in [-0.25, -0.2) is 9.36 Å². The Morgan fingerprint density at radius 2 is 2.25 bits per heavy atom. The third kappa shape index (κ3) is 4.17. The van der Waals surface area contributed by atoms with Crippen LogP contribution in [0.5, 0.6) is 0 Å². The molecule has 1 fully saturated rings. The number of hydrogen-bond acceptors (Lipinski definition) is 8. The van der Waals surface area contributed by atoms with Crippen LogP contribution in [0.1, 0.15) is 6.42 Å². The Hall–Kier alpha value is -2.28. The highest BCUT2D eigenvalue weighted by Crippen LogP contribution is 2.14. The van der Waals surface area contributed by atoms with E-state index in [1.54, 1.807) is 0 Å². The van der Waals surface area contributed by atoms with Crippen LogP contribution in [0, 0.1) is 10.1 Å². The highest BCUT2D eigenvalue weighted by Gasteiger charge is 2.33. The summed E-state index contributed by atoms with van der Waals surface area (Å²) in [6, 6.07) is -0.608. The van der Waals surface area contributed by atoms with Gasteiger partial charge in [0.1, 0.15) is 31.3 Å². The summed E-state index contributed by atoms with van der Waals surface area (Å²) in [7, 11) is 0. The van der Waals surface area contributed by atoms with Gasteiger partial charge in [0.05, 0.1) is 12.6 Å². The fourth-order valence-corrected chi connectivity index (χ4v) is 2.55. The number of piperidine rings is 1. The molecule has 4 unspecified atom stereocenters. The van der Waals surface area contributed by atoms with Gasteiger partial charge >= 0.3 is 12.0 Å². The molecule has 4 atom stereocenters. The van der Waals surface area contributed by atoms with E-state index in [2.05, 4.69) is 10.3 Å². The molecule has 0 bridgehead atoms. The van der Waals surface area contributed by atoms with Gasteiger partial charge in [-0.1, -0.05) is 4.98 Å². The van der Waals surface area contributed by atoms with Crippen molar-refractivity contribution in [3.05, 3.63) is 22.5 Å². The van der Waals surface area contributed by atoms with E-state index in [9.17, 15) is 30.2 Å². The van der Waals surface area contributed by atoms with Crippen LogP contribution in [-0.2, 0) is 6.54 Å². The Balaban J connectivity index is 1.90. The maximum Gasteiger partial charge on any atom is 0.434 e. The van der Waals surface area contributed by atoms with Crippen molar-refractivity contribution in [2.45, 2.75) is 37.4 Å². The largest absolute Gasteiger partial charge is 0.465 e. The predicted octanol–water partition coefficient (Wildman–Crippen LogP) is -1.83. The van der Waals surface area contributed by atoms with Crippen LogP contribution in [0.25, 0.3) is 0 Å². The summed E-state index contributed by atoms with van der Waals surface area (Å²) in [6.07, 6.45) is -2.27. The molecular formula is C12H19N5O7. The maximum absolute atomic E-state index is 10.8. The van der Waals surface area contributed by atoms with Gasteiger partial charge in [-0.3, -0.25) is 5.32 Å². The Morgan fingerprint density at radius 1 is 1.54 bits per heavy atom. The van der Waals surface area contributed by atoms with Crippen LogP contribution >= 0.6 is 0 Å². The summed E-state index contributed by atoms with van der Waals surface area (Å²) in [5.74, 6) is -0.462. The molecule has 2 rings (SSSR count). The van der Waals surface area contributed by atoms with E-state index in [1.807, 2.05) is 0 Å². The van der Waals surface area contributed by atoms with E-state index in [0.717, 1.165) is 9.47 Å². The molecule has 24 heavy (non-hydrogen) atoms. The molecule has 134 valence electrons. The Kier molecular flexibility index (Phi) is 5.66. The summed E-state index contributed by atoms with van der Waals surface area (Å²) in [5, 5.41) is 52.1. The van der Waals surface area contributed by atoms with Crippen molar-refractivity contribution in [1.29, 1.82) is 0 Å². The third-order valence-electron chi connectivity index (χ3n) is 3.84. The monoisotopic (exact) mass is 345 g/mol. The molecule has 0 spiro atoms. The molecule has 1 aromatic rings. The van der Waals surface area contributed by atoms with Gasteiger partial charge in [-0.05, 0) is 11.3 Å². The van der Waals surface area contributed by atoms with Crippen molar-refractivity contribution in [3.8, 4) is 0 Å². The van der Waals surface area contributed by atoms with Gasteiger partial charge < -0.3 is 35.4 Å². The number of carboxylic acid groups (broad SMARTS) is 1. The first kappa shape index (κ1) is 18.1. The number of nitrogens with zero attached hydrogens (tertiary/aromatic N) is 4. The maximum atomic E-state index is 10.8. The van der Waals surface area contributed by atoms with Gasteiger partial charge in [-0.2, -0.15) is 0 Å². The molecule has 12 nitrogen and oxygen atoms in total. The minimum absolute atomic E-state index is 0.108. The first-order valence-electron chi connectivity index (χ1n) is 7.23. The van der Waals surface area contributed by atoms with E-state index in [1.165, 1.54) is 12.4 Å². The molecular weight excluding hydrogens is 326 g/mol. The summed E-state index contributed by atoms with van der Waals surface area (Å²) in [5.41, 5.74) is 0. The van der Waals surface area contributed by atoms with Gasteiger partial charge in [0, 0.05) is 12.6 Å². The highest BCUT2D eigenvalue weighted by atomic mass is 16.6. The normalized spacial score (nSPS) is 23.7. The summed E-state index contributed by atoms with van der Waals surface area (Å²) < 4.78 is 1.08. The molecule has 1 aromatic heterocycles. The predicted molar refractivity (Wildman–Crippen MR) is 78.0 cm³/mol. The van der Waals surface area contributed by atoms with Crippen LogP contribution in [0.15, 0.2) is 12.4 Å². The van der Waals surface area contributed by atoms with Gasteiger partial charge in [0.2, 0.25) is 0 Å². The van der Waals surface area contributed by atoms with Crippen molar-refractivity contribution >= 4 is 12.0 Å². The van der Waals surface area contributed by atoms with Crippen LogP contribution in [0.2, 0.25) is 0 Å². The molecule has 5 N–H and O–H groups in total. The number of hydrogen-bond donors (Lipinski definition) is 5.